The Balaban J connectivity index is 1.85. The smallest absolute Gasteiger partial charge is 0.271 e. The van der Waals surface area contributed by atoms with Gasteiger partial charge in [-0.3, -0.25) is 20.4 Å². The molecule has 2 aromatic rings. The van der Waals surface area contributed by atoms with Gasteiger partial charge in [-0.15, -0.1) is 0 Å². The second-order valence-electron chi connectivity index (χ2n) is 5.17. The number of aryl methyl sites for hydroxylation is 1. The minimum atomic E-state index is -0.468. The van der Waals surface area contributed by atoms with E-state index in [1.807, 2.05) is 12.1 Å². The predicted octanol–water partition coefficient (Wildman–Crippen LogP) is 2.75. The van der Waals surface area contributed by atoms with Gasteiger partial charge in [-0.25, -0.2) is 0 Å². The first-order valence-electron chi connectivity index (χ1n) is 7.59. The van der Waals surface area contributed by atoms with E-state index in [9.17, 15) is 9.59 Å². The maximum absolute atomic E-state index is 12.0. The fourth-order valence-electron chi connectivity index (χ4n) is 2.20. The summed E-state index contributed by atoms with van der Waals surface area (Å²) < 4.78 is 10.4. The molecule has 2 rings (SSSR count). The lowest BCUT2D eigenvalue weighted by Gasteiger charge is -2.10. The Morgan fingerprint density at radius 3 is 2.40 bits per heavy atom. The third kappa shape index (κ3) is 5.12. The van der Waals surface area contributed by atoms with Crippen molar-refractivity contribution in [2.45, 2.75) is 12.8 Å². The molecule has 2 aromatic carbocycles. The Labute approximate surface area is 151 Å². The van der Waals surface area contributed by atoms with Crippen molar-refractivity contribution in [1.29, 1.82) is 0 Å². The molecule has 0 bridgehead atoms. The van der Waals surface area contributed by atoms with Crippen LogP contribution < -0.4 is 20.3 Å². The van der Waals surface area contributed by atoms with Crippen LogP contribution in [0.2, 0.25) is 5.02 Å². The second kappa shape index (κ2) is 8.94. The first-order chi connectivity index (χ1) is 12.0. The fourth-order valence-corrected chi connectivity index (χ4v) is 2.42. The van der Waals surface area contributed by atoms with Crippen LogP contribution in [0.5, 0.6) is 11.5 Å². The largest absolute Gasteiger partial charge is 0.493 e. The summed E-state index contributed by atoms with van der Waals surface area (Å²) in [7, 11) is 3.12. The maximum atomic E-state index is 12.0. The van der Waals surface area contributed by atoms with Crippen molar-refractivity contribution in [3.8, 4) is 11.5 Å². The molecule has 7 heteroatoms. The molecule has 0 aliphatic carbocycles. The lowest BCUT2D eigenvalue weighted by molar-refractivity contribution is -0.121. The van der Waals surface area contributed by atoms with Gasteiger partial charge in [0.15, 0.2) is 11.5 Å². The molecule has 2 N–H and O–H groups in total. The third-order valence-corrected chi connectivity index (χ3v) is 3.85. The molecule has 0 heterocycles. The summed E-state index contributed by atoms with van der Waals surface area (Å²) in [6, 6.07) is 12.1. The number of carbonyl (C=O) groups is 2. The van der Waals surface area contributed by atoms with Crippen molar-refractivity contribution in [2.24, 2.45) is 0 Å². The number of rotatable bonds is 6. The number of benzene rings is 2. The molecular weight excluding hydrogens is 344 g/mol. The SMILES string of the molecule is COc1ccc(CCC(=O)NNC(=O)c2ccccc2Cl)cc1OC. The average Bonchev–Trinajstić information content (AvgIpc) is 2.64. The van der Waals surface area contributed by atoms with E-state index in [1.54, 1.807) is 44.6 Å². The maximum Gasteiger partial charge on any atom is 0.271 e. The van der Waals surface area contributed by atoms with Gasteiger partial charge in [-0.1, -0.05) is 29.8 Å². The van der Waals surface area contributed by atoms with Crippen molar-refractivity contribution in [1.82, 2.24) is 10.9 Å². The van der Waals surface area contributed by atoms with Crippen LogP contribution in [0.15, 0.2) is 42.5 Å². The number of nitrogens with one attached hydrogen (secondary N) is 2. The van der Waals surface area contributed by atoms with Crippen molar-refractivity contribution >= 4 is 23.4 Å². The molecule has 0 atom stereocenters. The number of halogens is 1. The van der Waals surface area contributed by atoms with Crippen molar-refractivity contribution < 1.29 is 19.1 Å². The molecule has 0 fully saturated rings. The lowest BCUT2D eigenvalue weighted by Crippen LogP contribution is -2.41. The quantitative estimate of drug-likeness (QED) is 0.775. The number of ether oxygens (including phenoxy) is 2. The van der Waals surface area contributed by atoms with E-state index in [0.29, 0.717) is 28.5 Å². The highest BCUT2D eigenvalue weighted by Gasteiger charge is 2.11. The van der Waals surface area contributed by atoms with E-state index < -0.39 is 5.91 Å². The van der Waals surface area contributed by atoms with Crippen LogP contribution in [0.1, 0.15) is 22.3 Å². The molecule has 0 radical (unpaired) electrons. The first kappa shape index (κ1) is 18.6. The van der Waals surface area contributed by atoms with Gasteiger partial charge in [0.1, 0.15) is 0 Å². The van der Waals surface area contributed by atoms with Crippen LogP contribution in [0, 0.1) is 0 Å². The molecule has 0 saturated carbocycles. The average molecular weight is 363 g/mol. The zero-order valence-corrected chi connectivity index (χ0v) is 14.7. The standard InChI is InChI=1S/C18H19ClN2O4/c1-24-15-9-7-12(11-16(15)25-2)8-10-17(22)20-21-18(23)13-5-3-4-6-14(13)19/h3-7,9,11H,8,10H2,1-2H3,(H,20,22)(H,21,23). The summed E-state index contributed by atoms with van der Waals surface area (Å²) in [4.78, 5) is 23.9. The Kier molecular flexibility index (Phi) is 6.65. The van der Waals surface area contributed by atoms with E-state index in [0.717, 1.165) is 5.56 Å². The molecule has 0 aliphatic rings. The van der Waals surface area contributed by atoms with E-state index in [2.05, 4.69) is 10.9 Å². The van der Waals surface area contributed by atoms with Crippen molar-refractivity contribution in [2.75, 3.05) is 14.2 Å². The highest BCUT2D eigenvalue weighted by atomic mass is 35.5. The fraction of sp³-hybridized carbons (Fsp3) is 0.222. The normalized spacial score (nSPS) is 10.0. The van der Waals surface area contributed by atoms with E-state index in [-0.39, 0.29) is 12.3 Å². The van der Waals surface area contributed by atoms with Crippen LogP contribution in [-0.4, -0.2) is 26.0 Å². The van der Waals surface area contributed by atoms with Gasteiger partial charge < -0.3 is 9.47 Å². The molecule has 0 unspecified atom stereocenters. The van der Waals surface area contributed by atoms with Gasteiger partial charge >= 0.3 is 0 Å². The monoisotopic (exact) mass is 362 g/mol. The van der Waals surface area contributed by atoms with Crippen LogP contribution >= 0.6 is 11.6 Å². The van der Waals surface area contributed by atoms with E-state index in [4.69, 9.17) is 21.1 Å². The Bertz CT molecular complexity index is 764. The van der Waals surface area contributed by atoms with Crippen molar-refractivity contribution in [3.63, 3.8) is 0 Å². The summed E-state index contributed by atoms with van der Waals surface area (Å²) in [5.74, 6) is 0.454. The summed E-state index contributed by atoms with van der Waals surface area (Å²) in [6.07, 6.45) is 0.701. The minimum absolute atomic E-state index is 0.207. The first-order valence-corrected chi connectivity index (χ1v) is 7.97. The molecule has 132 valence electrons. The predicted molar refractivity (Wildman–Crippen MR) is 94.9 cm³/mol. The van der Waals surface area contributed by atoms with Gasteiger partial charge in [0, 0.05) is 6.42 Å². The molecule has 0 spiro atoms. The number of carbonyl (C=O) groups excluding carboxylic acids is 2. The van der Waals surface area contributed by atoms with Gasteiger partial charge in [0.05, 0.1) is 24.8 Å². The van der Waals surface area contributed by atoms with Gasteiger partial charge in [0.25, 0.3) is 5.91 Å². The summed E-state index contributed by atoms with van der Waals surface area (Å²) in [5, 5.41) is 0.319. The highest BCUT2D eigenvalue weighted by molar-refractivity contribution is 6.33. The van der Waals surface area contributed by atoms with E-state index in [1.165, 1.54) is 0 Å². The van der Waals surface area contributed by atoms with Gasteiger partial charge in [-0.05, 0) is 36.2 Å². The number of amides is 2. The Morgan fingerprint density at radius 1 is 1.00 bits per heavy atom. The summed E-state index contributed by atoms with van der Waals surface area (Å²) in [5.41, 5.74) is 5.94. The third-order valence-electron chi connectivity index (χ3n) is 3.52. The molecule has 0 aliphatic heterocycles. The van der Waals surface area contributed by atoms with Crippen LogP contribution in [-0.2, 0) is 11.2 Å². The molecule has 6 nitrogen and oxygen atoms in total. The van der Waals surface area contributed by atoms with Crippen LogP contribution in [0.4, 0.5) is 0 Å². The molecular formula is C18H19ClN2O4. The van der Waals surface area contributed by atoms with Crippen LogP contribution in [0.25, 0.3) is 0 Å². The number of hydrogen-bond donors (Lipinski definition) is 2. The number of methoxy groups -OCH3 is 2. The Hall–Kier alpha value is -2.73. The zero-order chi connectivity index (χ0) is 18.2. The number of hydrazine groups is 1. The van der Waals surface area contributed by atoms with Gasteiger partial charge in [-0.2, -0.15) is 0 Å². The molecule has 0 aromatic heterocycles. The summed E-state index contributed by atoms with van der Waals surface area (Å²) in [6.45, 7) is 0. The zero-order valence-electron chi connectivity index (χ0n) is 14.0. The van der Waals surface area contributed by atoms with Gasteiger partial charge in [0.2, 0.25) is 5.91 Å². The molecule has 25 heavy (non-hydrogen) atoms. The van der Waals surface area contributed by atoms with Crippen LogP contribution in [0.3, 0.4) is 0 Å². The second-order valence-corrected chi connectivity index (χ2v) is 5.58. The highest BCUT2D eigenvalue weighted by Crippen LogP contribution is 2.27. The van der Waals surface area contributed by atoms with E-state index >= 15 is 0 Å². The Morgan fingerprint density at radius 2 is 1.72 bits per heavy atom. The molecule has 2 amide bonds. The number of hydrogen-bond acceptors (Lipinski definition) is 4. The van der Waals surface area contributed by atoms with Crippen molar-refractivity contribution in [3.05, 3.63) is 58.6 Å². The minimum Gasteiger partial charge on any atom is -0.493 e. The summed E-state index contributed by atoms with van der Waals surface area (Å²) >= 11 is 5.93. The lowest BCUT2D eigenvalue weighted by atomic mass is 10.1. The topological polar surface area (TPSA) is 76.7 Å². The molecule has 0 saturated heterocycles.